The number of carbonyl (C=O) groups is 1. The second-order valence-electron chi connectivity index (χ2n) is 6.62. The first kappa shape index (κ1) is 21.0. The van der Waals surface area contributed by atoms with Crippen LogP contribution in [0.5, 0.6) is 6.01 Å². The van der Waals surface area contributed by atoms with E-state index >= 15 is 0 Å². The van der Waals surface area contributed by atoms with Gasteiger partial charge in [0.2, 0.25) is 0 Å². The van der Waals surface area contributed by atoms with Crippen LogP contribution in [0, 0.1) is 0 Å². The van der Waals surface area contributed by atoms with Crippen molar-refractivity contribution in [1.82, 2.24) is 19.5 Å². The van der Waals surface area contributed by atoms with Gasteiger partial charge in [-0.05, 0) is 39.9 Å². The number of aromatic nitrogens is 4. The monoisotopic (exact) mass is 461 g/mol. The van der Waals surface area contributed by atoms with Gasteiger partial charge >= 0.3 is 12.0 Å². The van der Waals surface area contributed by atoms with E-state index in [1.807, 2.05) is 28.8 Å². The van der Waals surface area contributed by atoms with Gasteiger partial charge in [-0.3, -0.25) is 4.79 Å². The number of nitrogen functional groups attached to an aromatic ring is 1. The third kappa shape index (κ3) is 5.23. The number of rotatable bonds is 9. The van der Waals surface area contributed by atoms with E-state index in [1.54, 1.807) is 0 Å². The zero-order chi connectivity index (χ0) is 20.8. The summed E-state index contributed by atoms with van der Waals surface area (Å²) in [5, 5.41) is 0. The molecule has 0 saturated heterocycles. The molecule has 0 amide bonds. The van der Waals surface area contributed by atoms with Crippen molar-refractivity contribution in [2.75, 3.05) is 19.5 Å². The minimum Gasteiger partial charge on any atom is -0.469 e. The number of esters is 1. The van der Waals surface area contributed by atoms with E-state index in [0.717, 1.165) is 30.4 Å². The number of unbranched alkanes of at least 4 members (excludes halogenated alkanes) is 1. The van der Waals surface area contributed by atoms with Gasteiger partial charge in [0.15, 0.2) is 21.7 Å². The third-order valence-corrected chi connectivity index (χ3v) is 5.08. The number of hydrogen-bond acceptors (Lipinski definition) is 7. The fourth-order valence-corrected chi connectivity index (χ4v) is 3.44. The quantitative estimate of drug-likeness (QED) is 0.296. The van der Waals surface area contributed by atoms with Gasteiger partial charge in [0.1, 0.15) is 0 Å². The molecule has 2 heterocycles. The average Bonchev–Trinajstić information content (AvgIpc) is 3.02. The first-order valence-corrected chi connectivity index (χ1v) is 10.3. The van der Waals surface area contributed by atoms with Crippen molar-refractivity contribution in [2.24, 2.45) is 0 Å². The summed E-state index contributed by atoms with van der Waals surface area (Å²) in [7, 11) is 1.39. The van der Waals surface area contributed by atoms with Crippen molar-refractivity contribution < 1.29 is 14.3 Å². The van der Waals surface area contributed by atoms with Crippen molar-refractivity contribution in [3.63, 3.8) is 0 Å². The Morgan fingerprint density at radius 3 is 2.79 bits per heavy atom. The molecule has 2 N–H and O–H groups in total. The van der Waals surface area contributed by atoms with Crippen LogP contribution in [0.1, 0.15) is 30.9 Å². The Morgan fingerprint density at radius 2 is 2.03 bits per heavy atom. The molecule has 1 aromatic carbocycles. The highest BCUT2D eigenvalue weighted by molar-refractivity contribution is 9.10. The minimum atomic E-state index is -0.256. The van der Waals surface area contributed by atoms with Gasteiger partial charge in [-0.25, -0.2) is 4.98 Å². The molecule has 29 heavy (non-hydrogen) atoms. The largest absolute Gasteiger partial charge is 0.469 e. The smallest absolute Gasteiger partial charge is 0.320 e. The van der Waals surface area contributed by atoms with E-state index in [2.05, 4.69) is 37.8 Å². The van der Waals surface area contributed by atoms with Crippen molar-refractivity contribution in [2.45, 2.75) is 39.2 Å². The fourth-order valence-electron chi connectivity index (χ4n) is 2.92. The zero-order valence-electron chi connectivity index (χ0n) is 16.5. The van der Waals surface area contributed by atoms with Gasteiger partial charge in [-0.15, -0.1) is 0 Å². The summed E-state index contributed by atoms with van der Waals surface area (Å²) < 4.78 is 12.9. The summed E-state index contributed by atoms with van der Waals surface area (Å²) in [6, 6.07) is 8.14. The number of fused-ring (bicyclic) bond motifs is 1. The zero-order valence-corrected chi connectivity index (χ0v) is 18.1. The normalized spacial score (nSPS) is 11.0. The van der Waals surface area contributed by atoms with Gasteiger partial charge in [0.05, 0.1) is 20.1 Å². The van der Waals surface area contributed by atoms with Gasteiger partial charge in [0, 0.05) is 6.54 Å². The predicted octanol–water partition coefficient (Wildman–Crippen LogP) is 3.31. The Labute approximate surface area is 177 Å². The number of benzene rings is 1. The number of anilines is 1. The number of nitrogens with two attached hydrogens (primary N) is 1. The summed E-state index contributed by atoms with van der Waals surface area (Å²) in [5.41, 5.74) is 9.24. The van der Waals surface area contributed by atoms with Crippen molar-refractivity contribution >= 4 is 38.9 Å². The van der Waals surface area contributed by atoms with Crippen LogP contribution in [0.4, 0.5) is 5.82 Å². The number of methoxy groups -OCH3 is 1. The molecule has 0 spiro atoms. The highest BCUT2D eigenvalue weighted by Gasteiger charge is 2.16. The average molecular weight is 462 g/mol. The molecule has 0 fully saturated rings. The maximum Gasteiger partial charge on any atom is 0.320 e. The van der Waals surface area contributed by atoms with Crippen LogP contribution in [0.15, 0.2) is 29.0 Å². The molecule has 0 aliphatic carbocycles. The Kier molecular flexibility index (Phi) is 7.03. The third-order valence-electron chi connectivity index (χ3n) is 4.48. The molecule has 0 aliphatic heterocycles. The number of carbonyl (C=O) groups excluding carboxylic acids is 1. The lowest BCUT2D eigenvalue weighted by Gasteiger charge is -2.09. The van der Waals surface area contributed by atoms with E-state index in [0.29, 0.717) is 34.9 Å². The lowest BCUT2D eigenvalue weighted by Crippen LogP contribution is -2.07. The molecule has 8 nitrogen and oxygen atoms in total. The molecule has 3 rings (SSSR count). The Bertz CT molecular complexity index is 1010. The maximum absolute atomic E-state index is 11.5. The SMILES string of the molecule is CCCCOc1nc(N)c2nc(Br)n(CCc3cccc(CC(=O)OC)c3)c2n1. The molecular formula is C20H24BrN5O3. The first-order valence-electron chi connectivity index (χ1n) is 9.48. The summed E-state index contributed by atoms with van der Waals surface area (Å²) in [5.74, 6) is 0.0364. The van der Waals surface area contributed by atoms with Crippen molar-refractivity contribution in [3.05, 3.63) is 40.1 Å². The van der Waals surface area contributed by atoms with Gasteiger partial charge in [-0.2, -0.15) is 9.97 Å². The Balaban J connectivity index is 1.80. The van der Waals surface area contributed by atoms with Crippen molar-refractivity contribution in [1.29, 1.82) is 0 Å². The van der Waals surface area contributed by atoms with E-state index in [1.165, 1.54) is 7.11 Å². The topological polar surface area (TPSA) is 105 Å². The molecule has 0 unspecified atom stereocenters. The second-order valence-corrected chi connectivity index (χ2v) is 7.33. The highest BCUT2D eigenvalue weighted by Crippen LogP contribution is 2.25. The number of hydrogen-bond donors (Lipinski definition) is 1. The molecule has 0 atom stereocenters. The lowest BCUT2D eigenvalue weighted by molar-refractivity contribution is -0.139. The Hall–Kier alpha value is -2.68. The van der Waals surface area contributed by atoms with Crippen LogP contribution >= 0.6 is 15.9 Å². The first-order chi connectivity index (χ1) is 14.0. The minimum absolute atomic E-state index is 0.254. The predicted molar refractivity (Wildman–Crippen MR) is 114 cm³/mol. The van der Waals surface area contributed by atoms with E-state index in [4.69, 9.17) is 15.2 Å². The molecular weight excluding hydrogens is 438 g/mol. The van der Waals surface area contributed by atoms with Crippen LogP contribution in [-0.2, 0) is 28.9 Å². The van der Waals surface area contributed by atoms with E-state index < -0.39 is 0 Å². The van der Waals surface area contributed by atoms with Gasteiger partial charge < -0.3 is 19.8 Å². The van der Waals surface area contributed by atoms with E-state index in [-0.39, 0.29) is 18.4 Å². The molecule has 9 heteroatoms. The maximum atomic E-state index is 11.5. The molecule has 0 saturated carbocycles. The van der Waals surface area contributed by atoms with Crippen LogP contribution in [-0.4, -0.2) is 39.2 Å². The molecule has 0 bridgehead atoms. The molecule has 0 radical (unpaired) electrons. The number of imidazole rings is 1. The second kappa shape index (κ2) is 9.69. The molecule has 3 aromatic rings. The number of aryl methyl sites for hydroxylation is 2. The fraction of sp³-hybridized carbons (Fsp3) is 0.400. The molecule has 2 aromatic heterocycles. The number of halogens is 1. The summed E-state index contributed by atoms with van der Waals surface area (Å²) in [4.78, 5) is 24.7. The van der Waals surface area contributed by atoms with Gasteiger partial charge in [-0.1, -0.05) is 37.6 Å². The lowest BCUT2D eigenvalue weighted by atomic mass is 10.1. The van der Waals surface area contributed by atoms with Gasteiger partial charge in [0.25, 0.3) is 0 Å². The number of ether oxygens (including phenoxy) is 2. The molecule has 154 valence electrons. The van der Waals surface area contributed by atoms with Crippen LogP contribution in [0.25, 0.3) is 11.2 Å². The number of nitrogens with zero attached hydrogens (tertiary/aromatic N) is 4. The van der Waals surface area contributed by atoms with Crippen LogP contribution in [0.2, 0.25) is 0 Å². The van der Waals surface area contributed by atoms with Crippen LogP contribution < -0.4 is 10.5 Å². The highest BCUT2D eigenvalue weighted by atomic mass is 79.9. The summed E-state index contributed by atoms with van der Waals surface area (Å²) in [6.07, 6.45) is 2.93. The van der Waals surface area contributed by atoms with Crippen molar-refractivity contribution in [3.8, 4) is 6.01 Å². The standard InChI is InChI=1S/C20H24BrN5O3/c1-3-4-10-29-20-24-17(22)16-18(25-20)26(19(21)23-16)9-8-13-6-5-7-14(11-13)12-15(27)28-2/h5-7,11H,3-4,8-10,12H2,1-2H3,(H2,22,24,25). The molecule has 0 aliphatic rings. The van der Waals surface area contributed by atoms with Crippen LogP contribution in [0.3, 0.4) is 0 Å². The van der Waals surface area contributed by atoms with E-state index in [9.17, 15) is 4.79 Å². The Morgan fingerprint density at radius 1 is 1.24 bits per heavy atom. The summed E-state index contributed by atoms with van der Waals surface area (Å²) >= 11 is 3.49. The summed E-state index contributed by atoms with van der Waals surface area (Å²) in [6.45, 7) is 3.27.